The molecule has 33 heavy (non-hydrogen) atoms. The van der Waals surface area contributed by atoms with E-state index in [1.54, 1.807) is 55.7 Å². The third kappa shape index (κ3) is 5.03. The summed E-state index contributed by atoms with van der Waals surface area (Å²) in [5, 5.41) is 10.4. The van der Waals surface area contributed by atoms with Gasteiger partial charge in [-0.15, -0.1) is 11.3 Å². The maximum absolute atomic E-state index is 12.6. The van der Waals surface area contributed by atoms with Crippen molar-refractivity contribution in [3.63, 3.8) is 0 Å². The molecule has 0 unspecified atom stereocenters. The van der Waals surface area contributed by atoms with Crippen LogP contribution in [0.3, 0.4) is 0 Å². The number of nitrogens with zero attached hydrogens (tertiary/aromatic N) is 2. The molecule has 4 aromatic rings. The number of benzene rings is 3. The van der Waals surface area contributed by atoms with Gasteiger partial charge in [0, 0.05) is 0 Å². The second-order valence-electron chi connectivity index (χ2n) is 6.91. The Morgan fingerprint density at radius 3 is 2.58 bits per heavy atom. The number of esters is 1. The Morgan fingerprint density at radius 2 is 1.88 bits per heavy atom. The summed E-state index contributed by atoms with van der Waals surface area (Å²) in [6, 6.07) is 21.8. The van der Waals surface area contributed by atoms with Crippen molar-refractivity contribution in [1.82, 2.24) is 4.98 Å². The van der Waals surface area contributed by atoms with Crippen molar-refractivity contribution < 1.29 is 19.0 Å². The largest absolute Gasteiger partial charge is 0.497 e. The van der Waals surface area contributed by atoms with Gasteiger partial charge in [-0.2, -0.15) is 5.26 Å². The summed E-state index contributed by atoms with van der Waals surface area (Å²) in [5.74, 6) is 0.858. The normalized spacial score (nSPS) is 11.1. The Kier molecular flexibility index (Phi) is 6.67. The minimum absolute atomic E-state index is 0.299. The lowest BCUT2D eigenvalue weighted by atomic mass is 10.1. The van der Waals surface area contributed by atoms with Gasteiger partial charge in [-0.25, -0.2) is 9.78 Å². The van der Waals surface area contributed by atoms with Crippen LogP contribution in [0.4, 0.5) is 0 Å². The Bertz CT molecular complexity index is 1330. The lowest BCUT2D eigenvalue weighted by molar-refractivity contribution is 0.0728. The molecule has 0 aliphatic heterocycles. The van der Waals surface area contributed by atoms with E-state index in [1.165, 1.54) is 11.3 Å². The highest BCUT2D eigenvalue weighted by molar-refractivity contribution is 7.19. The van der Waals surface area contributed by atoms with Gasteiger partial charge in [0.15, 0.2) is 11.5 Å². The number of hydrogen-bond acceptors (Lipinski definition) is 7. The summed E-state index contributed by atoms with van der Waals surface area (Å²) in [7, 11) is 1.56. The standard InChI is InChI=1S/C26H20N2O4S/c1-3-31-23-15-17(14-19(16-27)25-28-21-6-4-5-7-24(21)33-25)8-13-22(23)32-26(29)18-9-11-20(30-2)12-10-18/h4-15H,3H2,1-2H3/b19-14+. The molecule has 0 amide bonds. The van der Waals surface area contributed by atoms with Gasteiger partial charge in [-0.05, 0) is 67.1 Å². The number of aromatic nitrogens is 1. The summed E-state index contributed by atoms with van der Waals surface area (Å²) in [6.07, 6.45) is 1.75. The number of carbonyl (C=O) groups is 1. The summed E-state index contributed by atoms with van der Waals surface area (Å²) >= 11 is 1.46. The Hall–Kier alpha value is -4.15. The molecule has 0 radical (unpaired) electrons. The summed E-state index contributed by atoms with van der Waals surface area (Å²) in [6.45, 7) is 2.24. The molecule has 3 aromatic carbocycles. The maximum atomic E-state index is 12.6. The number of fused-ring (bicyclic) bond motifs is 1. The molecule has 164 valence electrons. The molecule has 6 nitrogen and oxygen atoms in total. The van der Waals surface area contributed by atoms with Crippen LogP contribution in [0.2, 0.25) is 0 Å². The van der Waals surface area contributed by atoms with Crippen molar-refractivity contribution in [2.75, 3.05) is 13.7 Å². The minimum Gasteiger partial charge on any atom is -0.497 e. The number of rotatable bonds is 7. The van der Waals surface area contributed by atoms with Crippen molar-refractivity contribution in [3.8, 4) is 23.3 Å². The molecular formula is C26H20N2O4S. The maximum Gasteiger partial charge on any atom is 0.343 e. The van der Waals surface area contributed by atoms with Crippen molar-refractivity contribution in [2.45, 2.75) is 6.92 Å². The Morgan fingerprint density at radius 1 is 1.09 bits per heavy atom. The van der Waals surface area contributed by atoms with Gasteiger partial charge < -0.3 is 14.2 Å². The molecular weight excluding hydrogens is 436 g/mol. The zero-order valence-corrected chi connectivity index (χ0v) is 18.9. The van der Waals surface area contributed by atoms with Crippen LogP contribution in [0, 0.1) is 11.3 Å². The fourth-order valence-corrected chi connectivity index (χ4v) is 4.08. The molecule has 1 heterocycles. The van der Waals surface area contributed by atoms with E-state index in [0.717, 1.165) is 15.8 Å². The molecule has 0 fully saturated rings. The van der Waals surface area contributed by atoms with Crippen molar-refractivity contribution in [2.24, 2.45) is 0 Å². The first-order valence-electron chi connectivity index (χ1n) is 10.2. The van der Waals surface area contributed by atoms with Crippen LogP contribution in [0.1, 0.15) is 27.9 Å². The molecule has 0 spiro atoms. The molecule has 0 saturated carbocycles. The van der Waals surface area contributed by atoms with Crippen LogP contribution in [-0.2, 0) is 0 Å². The molecule has 0 atom stereocenters. The summed E-state index contributed by atoms with van der Waals surface area (Å²) in [5.41, 5.74) is 2.43. The first-order valence-corrected chi connectivity index (χ1v) is 11.0. The number of allylic oxidation sites excluding steroid dienone is 1. The third-order valence-electron chi connectivity index (χ3n) is 4.75. The van der Waals surface area contributed by atoms with E-state index in [1.807, 2.05) is 31.2 Å². The van der Waals surface area contributed by atoms with Gasteiger partial charge in [-0.3, -0.25) is 0 Å². The van der Waals surface area contributed by atoms with Gasteiger partial charge in [0.2, 0.25) is 0 Å². The number of hydrogen-bond donors (Lipinski definition) is 0. The van der Waals surface area contributed by atoms with E-state index in [0.29, 0.717) is 40.0 Å². The highest BCUT2D eigenvalue weighted by Gasteiger charge is 2.14. The number of thiazole rings is 1. The second-order valence-corrected chi connectivity index (χ2v) is 7.94. The fraction of sp³-hybridized carbons (Fsp3) is 0.115. The molecule has 7 heteroatoms. The summed E-state index contributed by atoms with van der Waals surface area (Å²) < 4.78 is 17.4. The first kappa shape index (κ1) is 22.1. The zero-order chi connectivity index (χ0) is 23.2. The van der Waals surface area contributed by atoms with Crippen LogP contribution >= 0.6 is 11.3 Å². The molecule has 0 N–H and O–H groups in total. The van der Waals surface area contributed by atoms with E-state index in [-0.39, 0.29) is 0 Å². The molecule has 0 aliphatic rings. The van der Waals surface area contributed by atoms with Crippen molar-refractivity contribution in [1.29, 1.82) is 5.26 Å². The molecule has 0 bridgehead atoms. The van der Waals surface area contributed by atoms with Crippen molar-refractivity contribution >= 4 is 39.2 Å². The lowest BCUT2D eigenvalue weighted by Gasteiger charge is -2.12. The third-order valence-corrected chi connectivity index (χ3v) is 5.82. The van der Waals surface area contributed by atoms with Crippen LogP contribution in [0.15, 0.2) is 66.7 Å². The average Bonchev–Trinajstić information content (AvgIpc) is 3.28. The van der Waals surface area contributed by atoms with Crippen LogP contribution in [0.25, 0.3) is 21.9 Å². The highest BCUT2D eigenvalue weighted by Crippen LogP contribution is 2.32. The summed E-state index contributed by atoms with van der Waals surface area (Å²) in [4.78, 5) is 17.1. The molecule has 0 saturated heterocycles. The Balaban J connectivity index is 1.61. The quantitative estimate of drug-likeness (QED) is 0.193. The number of ether oxygens (including phenoxy) is 3. The first-order chi connectivity index (χ1) is 16.1. The van der Waals surface area contributed by atoms with Crippen LogP contribution in [-0.4, -0.2) is 24.7 Å². The van der Waals surface area contributed by atoms with Gasteiger partial charge in [-0.1, -0.05) is 18.2 Å². The van der Waals surface area contributed by atoms with Gasteiger partial charge in [0.25, 0.3) is 0 Å². The minimum atomic E-state index is -0.505. The van der Waals surface area contributed by atoms with Gasteiger partial charge in [0.1, 0.15) is 16.8 Å². The van der Waals surface area contributed by atoms with E-state index in [2.05, 4.69) is 11.1 Å². The van der Waals surface area contributed by atoms with Gasteiger partial charge in [0.05, 0.1) is 35.1 Å². The highest BCUT2D eigenvalue weighted by atomic mass is 32.1. The molecule has 1 aromatic heterocycles. The predicted molar refractivity (Wildman–Crippen MR) is 129 cm³/mol. The fourth-order valence-electron chi connectivity index (χ4n) is 3.15. The van der Waals surface area contributed by atoms with Crippen molar-refractivity contribution in [3.05, 3.63) is 82.9 Å². The number of methoxy groups -OCH3 is 1. The van der Waals surface area contributed by atoms with E-state index in [9.17, 15) is 10.1 Å². The SMILES string of the molecule is CCOc1cc(/C=C(\C#N)c2nc3ccccc3s2)ccc1OC(=O)c1ccc(OC)cc1. The second kappa shape index (κ2) is 9.98. The topological polar surface area (TPSA) is 81.4 Å². The predicted octanol–water partition coefficient (Wildman–Crippen LogP) is 5.99. The van der Waals surface area contributed by atoms with E-state index in [4.69, 9.17) is 14.2 Å². The van der Waals surface area contributed by atoms with E-state index >= 15 is 0 Å². The zero-order valence-electron chi connectivity index (χ0n) is 18.1. The van der Waals surface area contributed by atoms with Gasteiger partial charge >= 0.3 is 5.97 Å². The van der Waals surface area contributed by atoms with Crippen LogP contribution < -0.4 is 14.2 Å². The van der Waals surface area contributed by atoms with Crippen LogP contribution in [0.5, 0.6) is 17.2 Å². The Labute approximate surface area is 195 Å². The lowest BCUT2D eigenvalue weighted by Crippen LogP contribution is -2.09. The molecule has 0 aliphatic carbocycles. The average molecular weight is 457 g/mol. The smallest absolute Gasteiger partial charge is 0.343 e. The number of para-hydroxylation sites is 1. The monoisotopic (exact) mass is 456 g/mol. The molecule has 4 rings (SSSR count). The van der Waals surface area contributed by atoms with E-state index < -0.39 is 5.97 Å². The number of carbonyl (C=O) groups excluding carboxylic acids is 1. The number of nitriles is 1.